The summed E-state index contributed by atoms with van der Waals surface area (Å²) < 4.78 is 1.94. The van der Waals surface area contributed by atoms with Gasteiger partial charge in [-0.3, -0.25) is 9.78 Å². The Morgan fingerprint density at radius 1 is 1.08 bits per heavy atom. The number of rotatable bonds is 1. The Morgan fingerprint density at radius 2 is 1.88 bits per heavy atom. The predicted octanol–water partition coefficient (Wildman–Crippen LogP) is 4.33. The first-order valence-corrected chi connectivity index (χ1v) is 8.50. The molecule has 5 rings (SSSR count). The third kappa shape index (κ3) is 2.18. The van der Waals surface area contributed by atoms with E-state index in [2.05, 4.69) is 34.4 Å². The second-order valence-electron chi connectivity index (χ2n) is 6.69. The summed E-state index contributed by atoms with van der Waals surface area (Å²) in [5.41, 5.74) is 8.40. The van der Waals surface area contributed by atoms with Crippen LogP contribution in [0.2, 0.25) is 0 Å². The van der Waals surface area contributed by atoms with Gasteiger partial charge in [0.1, 0.15) is 0 Å². The van der Waals surface area contributed by atoms with E-state index in [1.165, 1.54) is 40.3 Å². The minimum atomic E-state index is 0. The number of pyridine rings is 1. The molecule has 4 aromatic rings. The fraction of sp³-hybridized carbons (Fsp3) is 0.350. The van der Waals surface area contributed by atoms with E-state index in [4.69, 9.17) is 4.98 Å². The number of aromatic amines is 1. The van der Waals surface area contributed by atoms with Crippen molar-refractivity contribution in [3.05, 3.63) is 41.3 Å². The summed E-state index contributed by atoms with van der Waals surface area (Å²) in [7, 11) is 2.00. The van der Waals surface area contributed by atoms with Gasteiger partial charge in [-0.25, -0.2) is 4.98 Å². The van der Waals surface area contributed by atoms with Crippen molar-refractivity contribution in [3.8, 4) is 11.3 Å². The number of H-pyrrole nitrogens is 1. The molecule has 25 heavy (non-hydrogen) atoms. The molecule has 0 aliphatic heterocycles. The second kappa shape index (κ2) is 5.69. The summed E-state index contributed by atoms with van der Waals surface area (Å²) in [6.45, 7) is 2.06. The molecule has 1 aliphatic carbocycles. The highest BCUT2D eigenvalue weighted by atomic mass is 15.2. The molecule has 3 heterocycles. The zero-order valence-corrected chi connectivity index (χ0v) is 13.9. The zero-order valence-electron chi connectivity index (χ0n) is 13.9. The Balaban J connectivity index is 0.00000157. The van der Waals surface area contributed by atoms with E-state index in [-0.39, 0.29) is 7.43 Å². The van der Waals surface area contributed by atoms with Crippen LogP contribution in [0.15, 0.2) is 24.5 Å². The topological polar surface area (TPSA) is 59.4 Å². The van der Waals surface area contributed by atoms with Crippen LogP contribution in [0.3, 0.4) is 0 Å². The number of aromatic nitrogens is 5. The molecule has 5 heteroatoms. The molecule has 1 N–H and O–H groups in total. The fourth-order valence-electron chi connectivity index (χ4n) is 4.07. The molecule has 5 nitrogen and oxygen atoms in total. The first kappa shape index (κ1) is 15.8. The van der Waals surface area contributed by atoms with Crippen LogP contribution in [0.1, 0.15) is 37.1 Å². The largest absolute Gasteiger partial charge is 0.282 e. The van der Waals surface area contributed by atoms with Gasteiger partial charge in [0.2, 0.25) is 0 Å². The monoisotopic (exact) mass is 333 g/mol. The van der Waals surface area contributed by atoms with Crippen molar-refractivity contribution in [3.63, 3.8) is 0 Å². The number of hydrogen-bond acceptors (Lipinski definition) is 3. The molecule has 1 aliphatic rings. The van der Waals surface area contributed by atoms with Crippen LogP contribution in [-0.4, -0.2) is 25.0 Å². The minimum absolute atomic E-state index is 0. The quantitative estimate of drug-likeness (QED) is 0.564. The van der Waals surface area contributed by atoms with Gasteiger partial charge in [0, 0.05) is 29.1 Å². The van der Waals surface area contributed by atoms with Gasteiger partial charge >= 0.3 is 0 Å². The Hall–Kier alpha value is -2.69. The van der Waals surface area contributed by atoms with Crippen molar-refractivity contribution in [2.45, 2.75) is 40.0 Å². The molecule has 0 bridgehead atoms. The lowest BCUT2D eigenvalue weighted by atomic mass is 9.85. The summed E-state index contributed by atoms with van der Waals surface area (Å²) in [5.74, 6) is 0. The number of fused-ring (bicyclic) bond motifs is 5. The molecule has 3 aromatic heterocycles. The van der Waals surface area contributed by atoms with Gasteiger partial charge in [-0.1, -0.05) is 7.43 Å². The highest BCUT2D eigenvalue weighted by molar-refractivity contribution is 6.08. The van der Waals surface area contributed by atoms with E-state index in [0.717, 1.165) is 35.3 Å². The van der Waals surface area contributed by atoms with E-state index < -0.39 is 0 Å². The van der Waals surface area contributed by atoms with Crippen molar-refractivity contribution >= 4 is 21.8 Å². The van der Waals surface area contributed by atoms with Crippen LogP contribution in [-0.2, 0) is 19.9 Å². The highest BCUT2D eigenvalue weighted by Crippen LogP contribution is 2.38. The van der Waals surface area contributed by atoms with Gasteiger partial charge in [0.15, 0.2) is 0 Å². The third-order valence-corrected chi connectivity index (χ3v) is 5.28. The normalized spacial score (nSPS) is 13.8. The van der Waals surface area contributed by atoms with Crippen molar-refractivity contribution in [2.24, 2.45) is 7.05 Å². The molecule has 0 fully saturated rings. The molecule has 0 radical (unpaired) electrons. The van der Waals surface area contributed by atoms with Gasteiger partial charge in [-0.2, -0.15) is 10.2 Å². The van der Waals surface area contributed by atoms with Crippen LogP contribution >= 0.6 is 0 Å². The molecular formula is C20H23N5. The molecule has 1 aromatic carbocycles. The lowest BCUT2D eigenvalue weighted by Gasteiger charge is -2.21. The maximum Gasteiger partial charge on any atom is 0.0778 e. The van der Waals surface area contributed by atoms with Gasteiger partial charge in [0.05, 0.1) is 29.1 Å². The summed E-state index contributed by atoms with van der Waals surface area (Å²) in [6.07, 6.45) is 8.57. The Morgan fingerprint density at radius 3 is 2.64 bits per heavy atom. The summed E-state index contributed by atoms with van der Waals surface area (Å²) in [5, 5.41) is 14.2. The maximum atomic E-state index is 5.05. The van der Waals surface area contributed by atoms with E-state index >= 15 is 0 Å². The number of hydrogen-bond donors (Lipinski definition) is 1. The molecule has 0 amide bonds. The number of benzene rings is 1. The third-order valence-electron chi connectivity index (χ3n) is 5.28. The smallest absolute Gasteiger partial charge is 0.0778 e. The predicted molar refractivity (Wildman–Crippen MR) is 102 cm³/mol. The van der Waals surface area contributed by atoms with Crippen molar-refractivity contribution in [2.75, 3.05) is 0 Å². The fourth-order valence-corrected chi connectivity index (χ4v) is 4.07. The molecule has 0 saturated heterocycles. The molecule has 0 unspecified atom stereocenters. The van der Waals surface area contributed by atoms with Gasteiger partial charge < -0.3 is 0 Å². The average Bonchev–Trinajstić information content (AvgIpc) is 3.20. The first-order chi connectivity index (χ1) is 11.7. The Labute approximate surface area is 147 Å². The van der Waals surface area contributed by atoms with E-state index in [9.17, 15) is 0 Å². The molecule has 0 atom stereocenters. The lowest BCUT2D eigenvalue weighted by molar-refractivity contribution is 0.689. The minimum Gasteiger partial charge on any atom is -0.282 e. The summed E-state index contributed by atoms with van der Waals surface area (Å²) >= 11 is 0. The first-order valence-electron chi connectivity index (χ1n) is 8.50. The van der Waals surface area contributed by atoms with E-state index in [1.807, 2.05) is 24.1 Å². The van der Waals surface area contributed by atoms with Crippen molar-refractivity contribution < 1.29 is 0 Å². The zero-order chi connectivity index (χ0) is 16.3. The number of aryl methyl sites for hydroxylation is 3. The molecular weight excluding hydrogens is 310 g/mol. The Kier molecular flexibility index (Phi) is 3.60. The summed E-state index contributed by atoms with van der Waals surface area (Å²) in [6, 6.07) is 4.26. The maximum absolute atomic E-state index is 5.05. The van der Waals surface area contributed by atoms with Crippen LogP contribution in [0.25, 0.3) is 33.1 Å². The van der Waals surface area contributed by atoms with Gasteiger partial charge in [-0.15, -0.1) is 0 Å². The molecule has 128 valence electrons. The van der Waals surface area contributed by atoms with Crippen molar-refractivity contribution in [1.82, 2.24) is 25.0 Å². The molecule has 0 spiro atoms. The van der Waals surface area contributed by atoms with Crippen LogP contribution in [0.5, 0.6) is 0 Å². The Bertz CT molecular complexity index is 1090. The standard InChI is InChI=1S/C19H19N5.CH4/c1-11-14(9-20-23-11)19-13-6-4-3-5-12(13)18-15-10-21-24(2)17(15)8-7-16(18)22-19;/h7-10H,3-6H2,1-2H3,(H,20,23);1H4. The van der Waals surface area contributed by atoms with E-state index in [1.54, 1.807) is 0 Å². The van der Waals surface area contributed by atoms with Crippen LogP contribution in [0.4, 0.5) is 0 Å². The molecule has 0 saturated carbocycles. The summed E-state index contributed by atoms with van der Waals surface area (Å²) in [4.78, 5) is 5.05. The number of nitrogens with zero attached hydrogens (tertiary/aromatic N) is 4. The van der Waals surface area contributed by atoms with Gasteiger partial charge in [-0.05, 0) is 55.9 Å². The van der Waals surface area contributed by atoms with Crippen LogP contribution < -0.4 is 0 Å². The van der Waals surface area contributed by atoms with E-state index in [0.29, 0.717) is 0 Å². The number of nitrogens with one attached hydrogen (secondary N) is 1. The average molecular weight is 333 g/mol. The lowest BCUT2D eigenvalue weighted by Crippen LogP contribution is -2.08. The second-order valence-corrected chi connectivity index (χ2v) is 6.69. The SMILES string of the molecule is C.Cc1[nH]ncc1-c1nc2ccc3c(cnn3C)c2c2c1CCCC2. The highest BCUT2D eigenvalue weighted by Gasteiger charge is 2.22. The van der Waals surface area contributed by atoms with Crippen LogP contribution in [0, 0.1) is 6.92 Å². The van der Waals surface area contributed by atoms with Gasteiger partial charge in [0.25, 0.3) is 0 Å². The van der Waals surface area contributed by atoms with Crippen molar-refractivity contribution in [1.29, 1.82) is 0 Å².